The van der Waals surface area contributed by atoms with Crippen LogP contribution < -0.4 is 10.6 Å². The van der Waals surface area contributed by atoms with Crippen LogP contribution in [0.2, 0.25) is 0 Å². The third kappa shape index (κ3) is 3.34. The van der Waals surface area contributed by atoms with Gasteiger partial charge in [0, 0.05) is 31.0 Å². The predicted octanol–water partition coefficient (Wildman–Crippen LogP) is 1.39. The molecule has 1 atom stereocenters. The second-order valence-electron chi connectivity index (χ2n) is 4.08. The summed E-state index contributed by atoms with van der Waals surface area (Å²) in [6, 6.07) is 1.32. The standard InChI is InChI=1S/C11H15N5O2/c1-8(6-16-4-3-12-7-16)13-11(17)14-10-5-9(2)18-15-10/h3-5,7-8H,6H2,1-2H3,(H2,13,14,15,17)/t8-/m0/s1. The maximum absolute atomic E-state index is 11.6. The number of urea groups is 1. The van der Waals surface area contributed by atoms with E-state index < -0.39 is 0 Å². The number of aromatic nitrogens is 3. The molecule has 2 N–H and O–H groups in total. The first-order valence-corrected chi connectivity index (χ1v) is 5.60. The van der Waals surface area contributed by atoms with Gasteiger partial charge in [0.15, 0.2) is 5.82 Å². The van der Waals surface area contributed by atoms with Crippen molar-refractivity contribution in [3.05, 3.63) is 30.5 Å². The van der Waals surface area contributed by atoms with Gasteiger partial charge in [-0.05, 0) is 13.8 Å². The molecule has 0 unspecified atom stereocenters. The van der Waals surface area contributed by atoms with Crippen molar-refractivity contribution in [1.82, 2.24) is 20.0 Å². The minimum absolute atomic E-state index is 0.0211. The molecule has 7 nitrogen and oxygen atoms in total. The van der Waals surface area contributed by atoms with Gasteiger partial charge in [-0.3, -0.25) is 5.32 Å². The van der Waals surface area contributed by atoms with Gasteiger partial charge < -0.3 is 14.4 Å². The Balaban J connectivity index is 1.80. The van der Waals surface area contributed by atoms with Gasteiger partial charge in [-0.15, -0.1) is 0 Å². The Hall–Kier alpha value is -2.31. The largest absolute Gasteiger partial charge is 0.360 e. The Kier molecular flexibility index (Phi) is 3.61. The molecular weight excluding hydrogens is 234 g/mol. The third-order valence-corrected chi connectivity index (χ3v) is 2.29. The van der Waals surface area contributed by atoms with Crippen LogP contribution in [0.5, 0.6) is 0 Å². The average Bonchev–Trinajstić information content (AvgIpc) is 2.90. The summed E-state index contributed by atoms with van der Waals surface area (Å²) >= 11 is 0. The minimum Gasteiger partial charge on any atom is -0.360 e. The summed E-state index contributed by atoms with van der Waals surface area (Å²) in [4.78, 5) is 15.6. The Morgan fingerprint density at radius 2 is 2.44 bits per heavy atom. The highest BCUT2D eigenvalue weighted by Crippen LogP contribution is 2.06. The van der Waals surface area contributed by atoms with Crippen LogP contribution >= 0.6 is 0 Å². The monoisotopic (exact) mass is 249 g/mol. The number of nitrogens with zero attached hydrogens (tertiary/aromatic N) is 3. The topological polar surface area (TPSA) is 85.0 Å². The summed E-state index contributed by atoms with van der Waals surface area (Å²) in [6.07, 6.45) is 5.25. The van der Waals surface area contributed by atoms with Crippen molar-refractivity contribution in [2.24, 2.45) is 0 Å². The Bertz CT molecular complexity index is 505. The van der Waals surface area contributed by atoms with Crippen LogP contribution in [0.15, 0.2) is 29.3 Å². The Morgan fingerprint density at radius 1 is 1.61 bits per heavy atom. The van der Waals surface area contributed by atoms with Crippen LogP contribution in [0.3, 0.4) is 0 Å². The van der Waals surface area contributed by atoms with Gasteiger partial charge in [-0.1, -0.05) is 5.16 Å². The summed E-state index contributed by atoms with van der Waals surface area (Å²) in [6.45, 7) is 4.33. The zero-order chi connectivity index (χ0) is 13.0. The lowest BCUT2D eigenvalue weighted by molar-refractivity contribution is 0.247. The molecule has 0 saturated heterocycles. The van der Waals surface area contributed by atoms with E-state index in [1.165, 1.54) is 0 Å². The highest BCUT2D eigenvalue weighted by atomic mass is 16.5. The van der Waals surface area contributed by atoms with Crippen LogP contribution in [0.25, 0.3) is 0 Å². The van der Waals surface area contributed by atoms with Crippen LogP contribution in [-0.4, -0.2) is 26.8 Å². The molecule has 0 fully saturated rings. The number of aryl methyl sites for hydroxylation is 1. The molecule has 0 radical (unpaired) electrons. The van der Waals surface area contributed by atoms with Crippen molar-refractivity contribution < 1.29 is 9.32 Å². The molecule has 0 aliphatic carbocycles. The number of hydrogen-bond acceptors (Lipinski definition) is 4. The number of hydrogen-bond donors (Lipinski definition) is 2. The Morgan fingerprint density at radius 3 is 3.06 bits per heavy atom. The Labute approximate surface area is 104 Å². The van der Waals surface area contributed by atoms with Crippen molar-refractivity contribution in [1.29, 1.82) is 0 Å². The summed E-state index contributed by atoms with van der Waals surface area (Å²) in [5, 5.41) is 9.07. The van der Waals surface area contributed by atoms with Crippen LogP contribution in [0.4, 0.5) is 10.6 Å². The summed E-state index contributed by atoms with van der Waals surface area (Å²) in [5.74, 6) is 1.05. The molecule has 2 aromatic rings. The van der Waals surface area contributed by atoms with E-state index in [9.17, 15) is 4.79 Å². The van der Waals surface area contributed by atoms with E-state index in [4.69, 9.17) is 4.52 Å². The molecule has 2 rings (SSSR count). The number of carbonyl (C=O) groups is 1. The SMILES string of the molecule is Cc1cc(NC(=O)N[C@@H](C)Cn2ccnc2)no1. The van der Waals surface area contributed by atoms with E-state index in [0.717, 1.165) is 0 Å². The fourth-order valence-electron chi connectivity index (χ4n) is 1.56. The van der Waals surface area contributed by atoms with Gasteiger partial charge in [0.05, 0.1) is 6.33 Å². The molecule has 18 heavy (non-hydrogen) atoms. The number of anilines is 1. The second kappa shape index (κ2) is 5.35. The quantitative estimate of drug-likeness (QED) is 0.857. The van der Waals surface area contributed by atoms with E-state index in [1.807, 2.05) is 17.7 Å². The molecule has 0 aliphatic heterocycles. The first kappa shape index (κ1) is 12.2. The fraction of sp³-hybridized carbons (Fsp3) is 0.364. The molecule has 7 heteroatoms. The smallest absolute Gasteiger partial charge is 0.320 e. The van der Waals surface area contributed by atoms with Gasteiger partial charge in [0.25, 0.3) is 0 Å². The van der Waals surface area contributed by atoms with E-state index in [1.54, 1.807) is 25.5 Å². The van der Waals surface area contributed by atoms with Crippen molar-refractivity contribution in [2.45, 2.75) is 26.4 Å². The van der Waals surface area contributed by atoms with Gasteiger partial charge in [0.2, 0.25) is 0 Å². The fourth-order valence-corrected chi connectivity index (χ4v) is 1.56. The minimum atomic E-state index is -0.309. The normalized spacial score (nSPS) is 12.1. The average molecular weight is 249 g/mol. The number of carbonyl (C=O) groups excluding carboxylic acids is 1. The lowest BCUT2D eigenvalue weighted by Crippen LogP contribution is -2.38. The molecule has 0 saturated carbocycles. The van der Waals surface area contributed by atoms with E-state index >= 15 is 0 Å². The van der Waals surface area contributed by atoms with E-state index in [2.05, 4.69) is 20.8 Å². The third-order valence-electron chi connectivity index (χ3n) is 2.29. The van der Waals surface area contributed by atoms with Crippen molar-refractivity contribution in [3.8, 4) is 0 Å². The maximum atomic E-state index is 11.6. The molecule has 2 heterocycles. The van der Waals surface area contributed by atoms with Crippen molar-refractivity contribution in [3.63, 3.8) is 0 Å². The number of amides is 2. The van der Waals surface area contributed by atoms with Crippen LogP contribution in [0.1, 0.15) is 12.7 Å². The lowest BCUT2D eigenvalue weighted by atomic mass is 10.3. The summed E-state index contributed by atoms with van der Waals surface area (Å²) in [5.41, 5.74) is 0. The molecule has 96 valence electrons. The molecule has 0 bridgehead atoms. The number of nitrogens with one attached hydrogen (secondary N) is 2. The molecule has 0 aromatic carbocycles. The summed E-state index contributed by atoms with van der Waals surface area (Å²) in [7, 11) is 0. The zero-order valence-electron chi connectivity index (χ0n) is 10.3. The van der Waals surface area contributed by atoms with E-state index in [0.29, 0.717) is 18.1 Å². The van der Waals surface area contributed by atoms with Gasteiger partial charge in [-0.2, -0.15) is 0 Å². The van der Waals surface area contributed by atoms with Gasteiger partial charge >= 0.3 is 6.03 Å². The predicted molar refractivity (Wildman–Crippen MR) is 65.1 cm³/mol. The molecular formula is C11H15N5O2. The highest BCUT2D eigenvalue weighted by Gasteiger charge is 2.09. The molecule has 2 aromatic heterocycles. The van der Waals surface area contributed by atoms with Crippen molar-refractivity contribution in [2.75, 3.05) is 5.32 Å². The lowest BCUT2D eigenvalue weighted by Gasteiger charge is -2.14. The van der Waals surface area contributed by atoms with Crippen molar-refractivity contribution >= 4 is 11.8 Å². The van der Waals surface area contributed by atoms with Crippen LogP contribution in [0, 0.1) is 6.92 Å². The summed E-state index contributed by atoms with van der Waals surface area (Å²) < 4.78 is 6.74. The van der Waals surface area contributed by atoms with Gasteiger partial charge in [-0.25, -0.2) is 9.78 Å². The highest BCUT2D eigenvalue weighted by molar-refractivity contribution is 5.88. The molecule has 0 spiro atoms. The molecule has 2 amide bonds. The first-order valence-electron chi connectivity index (χ1n) is 5.60. The van der Waals surface area contributed by atoms with E-state index in [-0.39, 0.29) is 12.1 Å². The number of rotatable bonds is 4. The number of imidazole rings is 1. The van der Waals surface area contributed by atoms with Gasteiger partial charge in [0.1, 0.15) is 5.76 Å². The second-order valence-corrected chi connectivity index (χ2v) is 4.08. The maximum Gasteiger partial charge on any atom is 0.320 e. The van der Waals surface area contributed by atoms with Crippen LogP contribution in [-0.2, 0) is 6.54 Å². The first-order chi connectivity index (χ1) is 8.63. The zero-order valence-corrected chi connectivity index (χ0v) is 10.3. The molecule has 0 aliphatic rings.